The molecule has 1 heterocycles. The molecule has 132 valence electrons. The summed E-state index contributed by atoms with van der Waals surface area (Å²) in [6.45, 7) is 0. The molecule has 0 radical (unpaired) electrons. The molecule has 4 nitrogen and oxygen atoms in total. The lowest BCUT2D eigenvalue weighted by Crippen LogP contribution is -2.22. The predicted octanol–water partition coefficient (Wildman–Crippen LogP) is 5.02. The van der Waals surface area contributed by atoms with E-state index in [2.05, 4.69) is 20.9 Å². The summed E-state index contributed by atoms with van der Waals surface area (Å²) in [4.78, 5) is 17.8. The molecule has 0 aliphatic heterocycles. The normalized spacial score (nSPS) is 11.3. The van der Waals surface area contributed by atoms with Crippen molar-refractivity contribution in [1.82, 2.24) is 9.55 Å². The van der Waals surface area contributed by atoms with Gasteiger partial charge in [-0.25, -0.2) is 4.98 Å². The van der Waals surface area contributed by atoms with Crippen molar-refractivity contribution in [2.24, 2.45) is 0 Å². The fourth-order valence-corrected chi connectivity index (χ4v) is 3.15. The average Bonchev–Trinajstić information content (AvgIpc) is 2.68. The topological polar surface area (TPSA) is 55.1 Å². The number of benzene rings is 3. The Balaban J connectivity index is 1.93. The monoisotopic (exact) mass is 418 g/mol. The number of nitrogens with zero attached hydrogens (tertiary/aromatic N) is 2. The molecule has 1 aromatic heterocycles. The summed E-state index contributed by atoms with van der Waals surface area (Å²) in [6, 6.07) is 21.7. The minimum absolute atomic E-state index is 0.0930. The van der Waals surface area contributed by atoms with E-state index in [0.29, 0.717) is 22.4 Å². The van der Waals surface area contributed by atoms with Crippen molar-refractivity contribution < 1.29 is 5.11 Å². The maximum Gasteiger partial charge on any atom is 0.266 e. The summed E-state index contributed by atoms with van der Waals surface area (Å²) >= 11 is 3.42. The third-order valence-corrected chi connectivity index (χ3v) is 4.71. The maximum absolute atomic E-state index is 13.1. The first-order chi connectivity index (χ1) is 13.1. The van der Waals surface area contributed by atoms with Crippen molar-refractivity contribution >= 4 is 39.0 Å². The van der Waals surface area contributed by atoms with E-state index in [0.717, 1.165) is 10.0 Å². The van der Waals surface area contributed by atoms with Gasteiger partial charge in [-0.3, -0.25) is 9.36 Å². The molecule has 1 N–H and O–H groups in total. The van der Waals surface area contributed by atoms with Gasteiger partial charge in [-0.1, -0.05) is 52.3 Å². The van der Waals surface area contributed by atoms with E-state index >= 15 is 0 Å². The zero-order chi connectivity index (χ0) is 18.8. The summed E-state index contributed by atoms with van der Waals surface area (Å²) in [5.74, 6) is 0.586. The maximum atomic E-state index is 13.1. The quantitative estimate of drug-likeness (QED) is 0.507. The van der Waals surface area contributed by atoms with Crippen molar-refractivity contribution in [2.45, 2.75) is 0 Å². The lowest BCUT2D eigenvalue weighted by Gasteiger charge is -2.11. The van der Waals surface area contributed by atoms with E-state index < -0.39 is 0 Å². The smallest absolute Gasteiger partial charge is 0.266 e. The highest BCUT2D eigenvalue weighted by molar-refractivity contribution is 9.10. The molecule has 27 heavy (non-hydrogen) atoms. The van der Waals surface area contributed by atoms with Crippen LogP contribution in [0.15, 0.2) is 82.1 Å². The van der Waals surface area contributed by atoms with Crippen LogP contribution in [0.1, 0.15) is 11.4 Å². The van der Waals surface area contributed by atoms with Gasteiger partial charge in [-0.15, -0.1) is 0 Å². The Hall–Kier alpha value is -3.18. The van der Waals surface area contributed by atoms with Gasteiger partial charge in [-0.2, -0.15) is 0 Å². The second kappa shape index (κ2) is 7.21. The Morgan fingerprint density at radius 1 is 0.926 bits per heavy atom. The van der Waals surface area contributed by atoms with E-state index in [1.165, 1.54) is 4.57 Å². The van der Waals surface area contributed by atoms with Crippen molar-refractivity contribution in [2.75, 3.05) is 0 Å². The molecule has 0 spiro atoms. The summed E-state index contributed by atoms with van der Waals surface area (Å²) < 4.78 is 2.51. The highest BCUT2D eigenvalue weighted by atomic mass is 79.9. The fraction of sp³-hybridized carbons (Fsp3) is 0. The molecule has 0 saturated heterocycles. The Kier molecular flexibility index (Phi) is 4.60. The highest BCUT2D eigenvalue weighted by Gasteiger charge is 2.11. The predicted molar refractivity (Wildman–Crippen MR) is 112 cm³/mol. The number of rotatable bonds is 3. The average molecular weight is 419 g/mol. The van der Waals surface area contributed by atoms with E-state index in [-0.39, 0.29) is 11.3 Å². The molecule has 3 aromatic carbocycles. The van der Waals surface area contributed by atoms with Gasteiger partial charge < -0.3 is 5.11 Å². The highest BCUT2D eigenvalue weighted by Crippen LogP contribution is 2.19. The Labute approximate surface area is 164 Å². The molecule has 5 heteroatoms. The van der Waals surface area contributed by atoms with Gasteiger partial charge in [0.25, 0.3) is 5.56 Å². The van der Waals surface area contributed by atoms with Crippen LogP contribution in [0.4, 0.5) is 0 Å². The first-order valence-electron chi connectivity index (χ1n) is 8.37. The Morgan fingerprint density at radius 3 is 2.48 bits per heavy atom. The first-order valence-corrected chi connectivity index (χ1v) is 9.16. The van der Waals surface area contributed by atoms with Gasteiger partial charge in [-0.05, 0) is 48.0 Å². The third-order valence-electron chi connectivity index (χ3n) is 4.18. The zero-order valence-electron chi connectivity index (χ0n) is 14.2. The number of phenolic OH excluding ortho intramolecular Hbond substituents is 1. The van der Waals surface area contributed by atoms with Gasteiger partial charge >= 0.3 is 0 Å². The van der Waals surface area contributed by atoms with Crippen molar-refractivity contribution in [3.8, 4) is 11.4 Å². The second-order valence-corrected chi connectivity index (χ2v) is 6.95. The number of fused-ring (bicyclic) bond motifs is 1. The van der Waals surface area contributed by atoms with E-state index in [9.17, 15) is 9.90 Å². The summed E-state index contributed by atoms with van der Waals surface area (Å²) in [5.41, 5.74) is 2.01. The lowest BCUT2D eigenvalue weighted by molar-refractivity contribution is 0.475. The van der Waals surface area contributed by atoms with Gasteiger partial charge in [0.1, 0.15) is 11.6 Å². The number of hydrogen-bond acceptors (Lipinski definition) is 3. The molecular formula is C22H15BrN2O2. The first kappa shape index (κ1) is 17.2. The summed E-state index contributed by atoms with van der Waals surface area (Å²) in [5, 5.41) is 10.4. The SMILES string of the molecule is O=c1c2ccccc2nc(/C=C/c2ccc(Br)cc2)n1-c1cccc(O)c1. The van der Waals surface area contributed by atoms with Crippen molar-refractivity contribution in [3.63, 3.8) is 0 Å². The van der Waals surface area contributed by atoms with Gasteiger partial charge in [0.15, 0.2) is 0 Å². The van der Waals surface area contributed by atoms with Crippen LogP contribution >= 0.6 is 15.9 Å². The number of aromatic nitrogens is 2. The molecule has 4 aromatic rings. The van der Waals surface area contributed by atoms with E-state index in [1.54, 1.807) is 36.4 Å². The van der Waals surface area contributed by atoms with Gasteiger partial charge in [0, 0.05) is 10.5 Å². The van der Waals surface area contributed by atoms with E-state index in [1.807, 2.05) is 48.5 Å². The van der Waals surface area contributed by atoms with Crippen LogP contribution in [-0.4, -0.2) is 14.7 Å². The fourth-order valence-electron chi connectivity index (χ4n) is 2.89. The zero-order valence-corrected chi connectivity index (χ0v) is 15.8. The molecular weight excluding hydrogens is 404 g/mol. The number of halogens is 1. The number of para-hydroxylation sites is 1. The largest absolute Gasteiger partial charge is 0.508 e. The van der Waals surface area contributed by atoms with Crippen molar-refractivity contribution in [1.29, 1.82) is 0 Å². The summed E-state index contributed by atoms with van der Waals surface area (Å²) in [7, 11) is 0. The van der Waals surface area contributed by atoms with Crippen LogP contribution in [0.25, 0.3) is 28.7 Å². The van der Waals surface area contributed by atoms with E-state index in [4.69, 9.17) is 0 Å². The van der Waals surface area contributed by atoms with Crippen molar-refractivity contribution in [3.05, 3.63) is 99.0 Å². The van der Waals surface area contributed by atoms with Crippen LogP contribution in [-0.2, 0) is 0 Å². The standard InChI is InChI=1S/C22H15BrN2O2/c23-16-11-8-15(9-12-16)10-13-21-24-20-7-2-1-6-19(20)22(27)25(21)17-4-3-5-18(26)14-17/h1-14,26H/b13-10+. The molecule has 0 saturated carbocycles. The van der Waals surface area contributed by atoms with Gasteiger partial charge in [0.2, 0.25) is 0 Å². The third kappa shape index (κ3) is 3.55. The van der Waals surface area contributed by atoms with Crippen LogP contribution in [0.3, 0.4) is 0 Å². The minimum Gasteiger partial charge on any atom is -0.508 e. The molecule has 0 atom stereocenters. The number of aromatic hydroxyl groups is 1. The van der Waals surface area contributed by atoms with Gasteiger partial charge in [0.05, 0.1) is 16.6 Å². The lowest BCUT2D eigenvalue weighted by atomic mass is 10.2. The Bertz CT molecular complexity index is 1210. The van der Waals surface area contributed by atoms with Crippen LogP contribution in [0.5, 0.6) is 5.75 Å². The molecule has 0 fully saturated rings. The Morgan fingerprint density at radius 2 is 1.70 bits per heavy atom. The molecule has 4 rings (SSSR count). The molecule has 0 unspecified atom stereocenters. The second-order valence-electron chi connectivity index (χ2n) is 6.03. The van der Waals surface area contributed by atoms with Crippen LogP contribution < -0.4 is 5.56 Å². The number of hydrogen-bond donors (Lipinski definition) is 1. The molecule has 0 amide bonds. The minimum atomic E-state index is -0.179. The molecule has 0 bridgehead atoms. The summed E-state index contributed by atoms with van der Waals surface area (Å²) in [6.07, 6.45) is 3.71. The van der Waals surface area contributed by atoms with Crippen LogP contribution in [0.2, 0.25) is 0 Å². The molecule has 0 aliphatic rings. The van der Waals surface area contributed by atoms with Crippen LogP contribution in [0, 0.1) is 0 Å². The number of phenols is 1. The molecule has 0 aliphatic carbocycles.